The third kappa shape index (κ3) is 3.75. The van der Waals surface area contributed by atoms with Crippen molar-refractivity contribution in [2.45, 2.75) is 12.5 Å². The number of hydrogen-bond donors (Lipinski definition) is 3. The monoisotopic (exact) mass is 252 g/mol. The highest BCUT2D eigenvalue weighted by Gasteiger charge is 2.19. The van der Waals surface area contributed by atoms with Crippen molar-refractivity contribution >= 4 is 29.0 Å². The zero-order chi connectivity index (χ0) is 11.5. The minimum absolute atomic E-state index is 0.0492. The Balaban J connectivity index is 2.69. The third-order valence-corrected chi connectivity index (χ3v) is 2.01. The molecule has 0 saturated heterocycles. The summed E-state index contributed by atoms with van der Waals surface area (Å²) in [5.41, 5.74) is -1.26. The first-order chi connectivity index (χ1) is 6.94. The SMILES string of the molecule is CC(O)(CO)CNc1nc(Cl)nnc1Cl. The lowest BCUT2D eigenvalue weighted by molar-refractivity contribution is 0.0131. The van der Waals surface area contributed by atoms with Crippen molar-refractivity contribution in [3.05, 3.63) is 10.4 Å². The highest BCUT2D eigenvalue weighted by molar-refractivity contribution is 6.32. The number of halogens is 2. The van der Waals surface area contributed by atoms with Crippen molar-refractivity contribution in [2.75, 3.05) is 18.5 Å². The van der Waals surface area contributed by atoms with Gasteiger partial charge < -0.3 is 15.5 Å². The predicted octanol–water partition coefficient (Wildman–Crippen LogP) is 0.334. The maximum Gasteiger partial charge on any atom is 0.245 e. The van der Waals surface area contributed by atoms with Gasteiger partial charge in [0.15, 0.2) is 11.0 Å². The number of hydrogen-bond acceptors (Lipinski definition) is 6. The Labute approximate surface area is 96.3 Å². The summed E-state index contributed by atoms with van der Waals surface area (Å²) in [7, 11) is 0. The minimum Gasteiger partial charge on any atom is -0.393 e. The minimum atomic E-state index is -1.26. The number of anilines is 1. The average molecular weight is 253 g/mol. The van der Waals surface area contributed by atoms with Crippen molar-refractivity contribution in [2.24, 2.45) is 0 Å². The van der Waals surface area contributed by atoms with E-state index in [9.17, 15) is 5.11 Å². The van der Waals surface area contributed by atoms with Crippen LogP contribution in [0.1, 0.15) is 6.92 Å². The Morgan fingerprint density at radius 3 is 2.67 bits per heavy atom. The van der Waals surface area contributed by atoms with E-state index in [1.165, 1.54) is 6.92 Å². The second-order valence-electron chi connectivity index (χ2n) is 3.23. The zero-order valence-corrected chi connectivity index (χ0v) is 9.42. The summed E-state index contributed by atoms with van der Waals surface area (Å²) in [6.45, 7) is 1.15. The van der Waals surface area contributed by atoms with Crippen LogP contribution in [0.5, 0.6) is 0 Å². The maximum atomic E-state index is 9.49. The molecule has 6 nitrogen and oxygen atoms in total. The molecule has 0 aliphatic heterocycles. The van der Waals surface area contributed by atoms with Crippen LogP contribution in [0.25, 0.3) is 0 Å². The van der Waals surface area contributed by atoms with Crippen molar-refractivity contribution in [1.29, 1.82) is 0 Å². The summed E-state index contributed by atoms with van der Waals surface area (Å²) in [5, 5.41) is 27.9. The van der Waals surface area contributed by atoms with Gasteiger partial charge in [-0.3, -0.25) is 0 Å². The molecule has 0 saturated carbocycles. The van der Waals surface area contributed by atoms with Gasteiger partial charge >= 0.3 is 0 Å². The van der Waals surface area contributed by atoms with Gasteiger partial charge in [-0.15, -0.1) is 10.2 Å². The van der Waals surface area contributed by atoms with Gasteiger partial charge in [-0.1, -0.05) is 11.6 Å². The molecular formula is C7H10Cl2N4O2. The highest BCUT2D eigenvalue weighted by Crippen LogP contribution is 2.17. The smallest absolute Gasteiger partial charge is 0.245 e. The van der Waals surface area contributed by atoms with Crippen molar-refractivity contribution in [1.82, 2.24) is 15.2 Å². The molecule has 1 heterocycles. The Hall–Kier alpha value is -0.690. The van der Waals surface area contributed by atoms with E-state index in [2.05, 4.69) is 20.5 Å². The van der Waals surface area contributed by atoms with Crippen molar-refractivity contribution in [3.63, 3.8) is 0 Å². The van der Waals surface area contributed by atoms with Gasteiger partial charge in [-0.05, 0) is 18.5 Å². The standard InChI is InChI=1S/C7H10Cl2N4O2/c1-7(15,3-14)2-10-5-4(8)12-13-6(9)11-5/h14-15H,2-3H2,1H3,(H,10,11,13). The lowest BCUT2D eigenvalue weighted by atomic mass is 10.1. The molecule has 0 amide bonds. The molecule has 15 heavy (non-hydrogen) atoms. The summed E-state index contributed by atoms with van der Waals surface area (Å²) < 4.78 is 0. The normalized spacial score (nSPS) is 14.7. The maximum absolute atomic E-state index is 9.49. The van der Waals surface area contributed by atoms with Crippen LogP contribution in [0.15, 0.2) is 0 Å². The van der Waals surface area contributed by atoms with E-state index in [1.807, 2.05) is 0 Å². The molecule has 1 atom stereocenters. The molecule has 0 bridgehead atoms. The zero-order valence-electron chi connectivity index (χ0n) is 7.91. The molecule has 1 rings (SSSR count). The van der Waals surface area contributed by atoms with Gasteiger partial charge in [0.05, 0.1) is 6.61 Å². The molecule has 0 radical (unpaired) electrons. The molecule has 0 fully saturated rings. The molecule has 1 aromatic rings. The van der Waals surface area contributed by atoms with Crippen LogP contribution in [0.2, 0.25) is 10.4 Å². The Morgan fingerprint density at radius 2 is 2.07 bits per heavy atom. The van der Waals surface area contributed by atoms with Gasteiger partial charge in [-0.2, -0.15) is 4.98 Å². The van der Waals surface area contributed by atoms with Crippen LogP contribution >= 0.6 is 23.2 Å². The number of nitrogens with zero attached hydrogens (tertiary/aromatic N) is 3. The number of aliphatic hydroxyl groups excluding tert-OH is 1. The lowest BCUT2D eigenvalue weighted by Crippen LogP contribution is -2.37. The number of rotatable bonds is 4. The number of aliphatic hydroxyl groups is 2. The second kappa shape index (κ2) is 4.89. The summed E-state index contributed by atoms with van der Waals surface area (Å²) in [4.78, 5) is 3.77. The van der Waals surface area contributed by atoms with Crippen LogP contribution in [0.4, 0.5) is 5.82 Å². The quantitative estimate of drug-likeness (QED) is 0.716. The molecule has 0 aliphatic carbocycles. The van der Waals surface area contributed by atoms with E-state index in [0.29, 0.717) is 0 Å². The molecule has 0 aromatic carbocycles. The summed E-state index contributed by atoms with van der Waals surface area (Å²) >= 11 is 11.2. The van der Waals surface area contributed by atoms with Gasteiger partial charge in [0.25, 0.3) is 0 Å². The summed E-state index contributed by atoms with van der Waals surface area (Å²) in [6.07, 6.45) is 0. The topological polar surface area (TPSA) is 91.2 Å². The van der Waals surface area contributed by atoms with Crippen LogP contribution in [-0.4, -0.2) is 44.1 Å². The molecule has 0 aliphatic rings. The molecule has 8 heteroatoms. The van der Waals surface area contributed by atoms with Gasteiger partial charge in [0.1, 0.15) is 5.60 Å². The molecule has 0 spiro atoms. The largest absolute Gasteiger partial charge is 0.393 e. The van der Waals surface area contributed by atoms with E-state index in [0.717, 1.165) is 0 Å². The molecule has 1 aromatic heterocycles. The van der Waals surface area contributed by atoms with Crippen LogP contribution in [0, 0.1) is 0 Å². The summed E-state index contributed by atoms with van der Waals surface area (Å²) in [5.74, 6) is 0.213. The molecule has 84 valence electrons. The Morgan fingerprint density at radius 1 is 1.40 bits per heavy atom. The fourth-order valence-electron chi connectivity index (χ4n) is 0.736. The number of nitrogens with one attached hydrogen (secondary N) is 1. The fraction of sp³-hybridized carbons (Fsp3) is 0.571. The van der Waals surface area contributed by atoms with E-state index >= 15 is 0 Å². The van der Waals surface area contributed by atoms with Gasteiger partial charge in [0.2, 0.25) is 5.28 Å². The molecule has 1 unspecified atom stereocenters. The average Bonchev–Trinajstić information content (AvgIpc) is 2.20. The first-order valence-electron chi connectivity index (χ1n) is 4.07. The van der Waals surface area contributed by atoms with Crippen LogP contribution in [0.3, 0.4) is 0 Å². The second-order valence-corrected chi connectivity index (χ2v) is 3.92. The molecular weight excluding hydrogens is 243 g/mol. The van der Waals surface area contributed by atoms with E-state index < -0.39 is 5.60 Å². The molecule has 3 N–H and O–H groups in total. The Kier molecular flexibility index (Phi) is 4.04. The van der Waals surface area contributed by atoms with Gasteiger partial charge in [0, 0.05) is 6.54 Å². The fourth-order valence-corrected chi connectivity index (χ4v) is 1.00. The highest BCUT2D eigenvalue weighted by atomic mass is 35.5. The van der Waals surface area contributed by atoms with Gasteiger partial charge in [-0.25, -0.2) is 0 Å². The van der Waals surface area contributed by atoms with E-state index in [-0.39, 0.29) is 29.4 Å². The summed E-state index contributed by atoms with van der Waals surface area (Å²) in [6, 6.07) is 0. The van der Waals surface area contributed by atoms with E-state index in [4.69, 9.17) is 28.3 Å². The lowest BCUT2D eigenvalue weighted by Gasteiger charge is -2.20. The van der Waals surface area contributed by atoms with Crippen molar-refractivity contribution < 1.29 is 10.2 Å². The Bertz CT molecular complexity index is 348. The first-order valence-corrected chi connectivity index (χ1v) is 4.83. The predicted molar refractivity (Wildman–Crippen MR) is 56.0 cm³/mol. The van der Waals surface area contributed by atoms with Crippen LogP contribution in [-0.2, 0) is 0 Å². The third-order valence-electron chi connectivity index (χ3n) is 1.60. The first kappa shape index (κ1) is 12.4. The van der Waals surface area contributed by atoms with Crippen LogP contribution < -0.4 is 5.32 Å². The number of aromatic nitrogens is 3. The van der Waals surface area contributed by atoms with E-state index in [1.54, 1.807) is 0 Å². The van der Waals surface area contributed by atoms with Crippen molar-refractivity contribution in [3.8, 4) is 0 Å².